The van der Waals surface area contributed by atoms with Crippen molar-refractivity contribution in [3.05, 3.63) is 77.0 Å². The van der Waals surface area contributed by atoms with E-state index in [4.69, 9.17) is 20.9 Å². The van der Waals surface area contributed by atoms with E-state index in [0.29, 0.717) is 19.7 Å². The fourth-order valence-electron chi connectivity index (χ4n) is 5.16. The Morgan fingerprint density at radius 1 is 0.975 bits per heavy atom. The first-order valence-electron chi connectivity index (χ1n) is 14.2. The zero-order chi connectivity index (χ0) is 27.9. The Bertz CT molecular complexity index is 1400. The number of methoxy groups -OCH3 is 1. The van der Waals surface area contributed by atoms with Gasteiger partial charge in [0, 0.05) is 44.5 Å². The number of ether oxygens (including phenoxy) is 2. The number of nitrogens with two attached hydrogens (primary N) is 2. The Morgan fingerprint density at radius 2 is 1.75 bits per heavy atom. The third-order valence-corrected chi connectivity index (χ3v) is 7.47. The maximum absolute atomic E-state index is 6.09. The minimum absolute atomic E-state index is 0.262. The zero-order valence-corrected chi connectivity index (χ0v) is 23.6. The zero-order valence-electron chi connectivity index (χ0n) is 23.6. The SMILES string of the molecule is CCCCCNc1nc(N)nc2ccn(Cc3ccc(CN4CC(OCc5ccc(CN)cc5)C4)cc3OC)c12. The standard InChI is InChI=1S/C31H41N7O2/c1-3-4-5-13-34-30-29-27(35-31(33)36-30)12-14-38(29)18-25-11-10-24(15-28(25)39-2)17-37-19-26(20-37)40-21-23-8-6-22(16-32)7-9-23/h6-12,14-15,26H,3-5,13,16-21,32H2,1-2H3,(H3,33,34,35,36). The Kier molecular flexibility index (Phi) is 9.15. The molecule has 0 spiro atoms. The normalized spacial score (nSPS) is 14.0. The molecule has 5 N–H and O–H groups in total. The number of nitrogens with one attached hydrogen (secondary N) is 1. The summed E-state index contributed by atoms with van der Waals surface area (Å²) < 4.78 is 14.1. The molecule has 2 aromatic heterocycles. The highest BCUT2D eigenvalue weighted by Gasteiger charge is 2.27. The lowest BCUT2D eigenvalue weighted by Gasteiger charge is -2.39. The average molecular weight is 544 g/mol. The molecule has 212 valence electrons. The van der Waals surface area contributed by atoms with Crippen molar-refractivity contribution in [2.24, 2.45) is 5.73 Å². The Balaban J connectivity index is 1.19. The molecular formula is C31H41N7O2. The second kappa shape index (κ2) is 13.1. The van der Waals surface area contributed by atoms with Gasteiger partial charge in [-0.2, -0.15) is 4.98 Å². The second-order valence-electron chi connectivity index (χ2n) is 10.5. The summed E-state index contributed by atoms with van der Waals surface area (Å²) >= 11 is 0. The van der Waals surface area contributed by atoms with Crippen molar-refractivity contribution in [1.29, 1.82) is 0 Å². The molecule has 0 radical (unpaired) electrons. The van der Waals surface area contributed by atoms with Crippen LogP contribution < -0.4 is 21.5 Å². The molecule has 0 bridgehead atoms. The predicted molar refractivity (Wildman–Crippen MR) is 160 cm³/mol. The summed E-state index contributed by atoms with van der Waals surface area (Å²) in [6.07, 6.45) is 5.74. The van der Waals surface area contributed by atoms with Gasteiger partial charge in [0.2, 0.25) is 5.95 Å². The van der Waals surface area contributed by atoms with Crippen molar-refractivity contribution in [2.45, 2.75) is 58.5 Å². The van der Waals surface area contributed by atoms with Crippen LogP contribution in [0, 0.1) is 0 Å². The van der Waals surface area contributed by atoms with Gasteiger partial charge in [-0.15, -0.1) is 0 Å². The molecule has 1 aliphatic heterocycles. The number of hydrogen-bond acceptors (Lipinski definition) is 8. The monoisotopic (exact) mass is 543 g/mol. The van der Waals surface area contributed by atoms with Crippen LogP contribution in [0.3, 0.4) is 0 Å². The van der Waals surface area contributed by atoms with Crippen molar-refractivity contribution in [2.75, 3.05) is 37.8 Å². The maximum Gasteiger partial charge on any atom is 0.222 e. The molecular weight excluding hydrogens is 502 g/mol. The van der Waals surface area contributed by atoms with Crippen LogP contribution in [0.25, 0.3) is 11.0 Å². The van der Waals surface area contributed by atoms with Gasteiger partial charge < -0.3 is 30.8 Å². The quantitative estimate of drug-likeness (QED) is 0.199. The fourth-order valence-corrected chi connectivity index (χ4v) is 5.16. The molecule has 1 saturated heterocycles. The van der Waals surface area contributed by atoms with Crippen LogP contribution in [0.1, 0.15) is 48.4 Å². The van der Waals surface area contributed by atoms with Gasteiger partial charge in [-0.3, -0.25) is 4.90 Å². The largest absolute Gasteiger partial charge is 0.496 e. The number of anilines is 2. The third kappa shape index (κ3) is 6.72. The van der Waals surface area contributed by atoms with E-state index in [1.165, 1.54) is 24.0 Å². The summed E-state index contributed by atoms with van der Waals surface area (Å²) in [7, 11) is 1.73. The van der Waals surface area contributed by atoms with Gasteiger partial charge in [0.15, 0.2) is 5.82 Å². The first-order chi connectivity index (χ1) is 19.6. The molecule has 1 aliphatic rings. The summed E-state index contributed by atoms with van der Waals surface area (Å²) in [5, 5.41) is 3.47. The summed E-state index contributed by atoms with van der Waals surface area (Å²) in [5.74, 6) is 1.94. The molecule has 0 aliphatic carbocycles. The van der Waals surface area contributed by atoms with Crippen molar-refractivity contribution in [3.8, 4) is 5.75 Å². The summed E-state index contributed by atoms with van der Waals surface area (Å²) in [6.45, 7) is 7.62. The highest BCUT2D eigenvalue weighted by Crippen LogP contribution is 2.28. The van der Waals surface area contributed by atoms with E-state index in [2.05, 4.69) is 74.1 Å². The van der Waals surface area contributed by atoms with E-state index in [1.54, 1.807) is 7.11 Å². The molecule has 1 fully saturated rings. The molecule has 0 unspecified atom stereocenters. The van der Waals surface area contributed by atoms with Crippen LogP contribution in [0.2, 0.25) is 0 Å². The number of hydrogen-bond donors (Lipinski definition) is 3. The van der Waals surface area contributed by atoms with Crippen LogP contribution in [0.4, 0.5) is 11.8 Å². The Hall–Kier alpha value is -3.66. The molecule has 0 amide bonds. The third-order valence-electron chi connectivity index (χ3n) is 7.47. The van der Waals surface area contributed by atoms with Crippen LogP contribution >= 0.6 is 0 Å². The van der Waals surface area contributed by atoms with Gasteiger partial charge in [0.05, 0.1) is 31.9 Å². The highest BCUT2D eigenvalue weighted by molar-refractivity contribution is 5.87. The summed E-state index contributed by atoms with van der Waals surface area (Å²) in [6, 6.07) is 16.8. The molecule has 3 heterocycles. The number of aromatic nitrogens is 3. The second-order valence-corrected chi connectivity index (χ2v) is 10.5. The van der Waals surface area contributed by atoms with E-state index >= 15 is 0 Å². The number of fused-ring (bicyclic) bond motifs is 1. The Morgan fingerprint density at radius 3 is 2.50 bits per heavy atom. The molecule has 0 saturated carbocycles. The first-order valence-corrected chi connectivity index (χ1v) is 14.2. The van der Waals surface area contributed by atoms with E-state index in [1.807, 2.05) is 12.3 Å². The predicted octanol–water partition coefficient (Wildman–Crippen LogP) is 4.53. The summed E-state index contributed by atoms with van der Waals surface area (Å²) in [4.78, 5) is 11.3. The number of nitrogens with zero attached hydrogens (tertiary/aromatic N) is 4. The van der Waals surface area contributed by atoms with Gasteiger partial charge in [0.25, 0.3) is 0 Å². The van der Waals surface area contributed by atoms with Gasteiger partial charge in [0.1, 0.15) is 11.3 Å². The van der Waals surface area contributed by atoms with Crippen LogP contribution in [0.15, 0.2) is 54.7 Å². The average Bonchev–Trinajstić information content (AvgIpc) is 3.35. The molecule has 2 aromatic carbocycles. The molecule has 0 atom stereocenters. The van der Waals surface area contributed by atoms with Gasteiger partial charge in [-0.1, -0.05) is 56.2 Å². The van der Waals surface area contributed by atoms with E-state index in [-0.39, 0.29) is 12.1 Å². The number of benzene rings is 2. The highest BCUT2D eigenvalue weighted by atomic mass is 16.5. The van der Waals surface area contributed by atoms with Gasteiger partial charge in [-0.05, 0) is 35.2 Å². The molecule has 9 nitrogen and oxygen atoms in total. The lowest BCUT2D eigenvalue weighted by Crippen LogP contribution is -2.51. The van der Waals surface area contributed by atoms with Gasteiger partial charge >= 0.3 is 0 Å². The maximum atomic E-state index is 6.09. The topological polar surface area (TPSA) is 116 Å². The number of unbranched alkanes of at least 4 members (excludes halogenated alkanes) is 2. The number of rotatable bonds is 14. The number of likely N-dealkylation sites (tertiary alicyclic amines) is 1. The smallest absolute Gasteiger partial charge is 0.222 e. The summed E-state index contributed by atoms with van der Waals surface area (Å²) in [5.41, 5.74) is 18.1. The van der Waals surface area contributed by atoms with Crippen LogP contribution in [0.5, 0.6) is 5.75 Å². The Labute approximate surface area is 236 Å². The van der Waals surface area contributed by atoms with Crippen molar-refractivity contribution < 1.29 is 9.47 Å². The van der Waals surface area contributed by atoms with E-state index < -0.39 is 0 Å². The molecule has 40 heavy (non-hydrogen) atoms. The minimum atomic E-state index is 0.262. The van der Waals surface area contributed by atoms with Gasteiger partial charge in [-0.25, -0.2) is 4.98 Å². The van der Waals surface area contributed by atoms with E-state index in [9.17, 15) is 0 Å². The first kappa shape index (κ1) is 27.9. The lowest BCUT2D eigenvalue weighted by atomic mass is 10.1. The minimum Gasteiger partial charge on any atom is -0.496 e. The number of nitrogen functional groups attached to an aromatic ring is 1. The molecule has 4 aromatic rings. The van der Waals surface area contributed by atoms with Crippen LogP contribution in [-0.4, -0.2) is 52.3 Å². The van der Waals surface area contributed by atoms with Crippen molar-refractivity contribution in [1.82, 2.24) is 19.4 Å². The van der Waals surface area contributed by atoms with Crippen molar-refractivity contribution in [3.63, 3.8) is 0 Å². The van der Waals surface area contributed by atoms with Crippen molar-refractivity contribution >= 4 is 22.8 Å². The molecule has 5 rings (SSSR count). The lowest BCUT2D eigenvalue weighted by molar-refractivity contribution is -0.0658. The fraction of sp³-hybridized carbons (Fsp3) is 0.419. The van der Waals surface area contributed by atoms with Crippen LogP contribution in [-0.2, 0) is 31.0 Å². The van der Waals surface area contributed by atoms with E-state index in [0.717, 1.165) is 66.3 Å². The molecule has 9 heteroatoms.